The third kappa shape index (κ3) is 2.20. The maximum Gasteiger partial charge on any atom is 0.225 e. The molecule has 4 aliphatic rings. The van der Waals surface area contributed by atoms with Crippen LogP contribution in [0.4, 0.5) is 0 Å². The minimum Gasteiger partial charge on any atom is -0.508 e. The standard InChI is InChI=1S/C22H31NO3/c1-21-10-9-17-15(16(21)7-8-18(21)20(26)23(3)4)6-5-13-11-14(24)12-19(25)22(13,17)2/h11-12,15-18,24H,5-10H2,1-4H3. The zero-order chi connectivity index (χ0) is 18.9. The monoisotopic (exact) mass is 357 g/mol. The first-order valence-electron chi connectivity index (χ1n) is 10.1. The molecule has 0 bridgehead atoms. The number of hydrogen-bond acceptors (Lipinski definition) is 3. The SMILES string of the molecule is CN(C)C(=O)C1CCC2C3CCC4=CC(O)=CC(=O)C4(C)C3CCC12C. The number of hydrogen-bond donors (Lipinski definition) is 1. The Balaban J connectivity index is 1.67. The summed E-state index contributed by atoms with van der Waals surface area (Å²) >= 11 is 0. The molecule has 6 unspecified atom stereocenters. The van der Waals surface area contributed by atoms with Crippen molar-refractivity contribution in [3.8, 4) is 0 Å². The molecule has 142 valence electrons. The Morgan fingerprint density at radius 1 is 1.12 bits per heavy atom. The number of ketones is 1. The van der Waals surface area contributed by atoms with E-state index in [1.807, 2.05) is 20.2 Å². The number of nitrogens with zero attached hydrogens (tertiary/aromatic N) is 1. The average Bonchev–Trinajstić information content (AvgIpc) is 2.92. The number of aliphatic hydroxyl groups excluding tert-OH is 1. The van der Waals surface area contributed by atoms with Crippen LogP contribution in [0.15, 0.2) is 23.5 Å². The van der Waals surface area contributed by atoms with Gasteiger partial charge in [0.25, 0.3) is 0 Å². The van der Waals surface area contributed by atoms with Crippen LogP contribution in [0.2, 0.25) is 0 Å². The van der Waals surface area contributed by atoms with Crippen molar-refractivity contribution in [3.05, 3.63) is 23.5 Å². The van der Waals surface area contributed by atoms with Crippen molar-refractivity contribution in [2.24, 2.45) is 34.5 Å². The highest BCUT2D eigenvalue weighted by Crippen LogP contribution is 2.66. The van der Waals surface area contributed by atoms with Gasteiger partial charge in [0, 0.05) is 26.1 Å². The summed E-state index contributed by atoms with van der Waals surface area (Å²) < 4.78 is 0. The molecule has 1 amide bonds. The molecule has 0 saturated heterocycles. The number of fused-ring (bicyclic) bond motifs is 5. The predicted molar refractivity (Wildman–Crippen MR) is 100 cm³/mol. The van der Waals surface area contributed by atoms with E-state index in [0.29, 0.717) is 17.8 Å². The van der Waals surface area contributed by atoms with Gasteiger partial charge in [-0.15, -0.1) is 0 Å². The van der Waals surface area contributed by atoms with Crippen LogP contribution in [-0.2, 0) is 9.59 Å². The Bertz CT molecular complexity index is 721. The lowest BCUT2D eigenvalue weighted by Gasteiger charge is -2.56. The molecule has 3 fully saturated rings. The van der Waals surface area contributed by atoms with E-state index in [1.165, 1.54) is 6.08 Å². The van der Waals surface area contributed by atoms with Crippen LogP contribution in [-0.4, -0.2) is 35.8 Å². The Labute approximate surface area is 156 Å². The summed E-state index contributed by atoms with van der Waals surface area (Å²) in [5.74, 6) is 1.96. The quantitative estimate of drug-likeness (QED) is 0.775. The lowest BCUT2D eigenvalue weighted by atomic mass is 9.47. The molecule has 26 heavy (non-hydrogen) atoms. The molecule has 4 nitrogen and oxygen atoms in total. The second kappa shape index (κ2) is 5.71. The first-order valence-corrected chi connectivity index (χ1v) is 10.1. The highest BCUT2D eigenvalue weighted by molar-refractivity contribution is 5.99. The number of carbonyl (C=O) groups excluding carboxylic acids is 2. The first kappa shape index (κ1) is 17.8. The normalized spacial score (nSPS) is 44.4. The molecule has 0 aliphatic heterocycles. The largest absolute Gasteiger partial charge is 0.508 e. The number of allylic oxidation sites excluding steroid dienone is 3. The van der Waals surface area contributed by atoms with Crippen LogP contribution in [0.5, 0.6) is 0 Å². The maximum atomic E-state index is 12.9. The minimum atomic E-state index is -0.458. The van der Waals surface area contributed by atoms with Gasteiger partial charge in [-0.3, -0.25) is 9.59 Å². The van der Waals surface area contributed by atoms with Crippen LogP contribution in [0.1, 0.15) is 52.4 Å². The third-order valence-electron chi connectivity index (χ3n) is 8.44. The molecule has 1 N–H and O–H groups in total. The zero-order valence-corrected chi connectivity index (χ0v) is 16.4. The summed E-state index contributed by atoms with van der Waals surface area (Å²) in [6.07, 6.45) is 9.33. The number of rotatable bonds is 1. The Morgan fingerprint density at radius 3 is 2.54 bits per heavy atom. The fourth-order valence-electron chi connectivity index (χ4n) is 7.01. The van der Waals surface area contributed by atoms with Crippen LogP contribution >= 0.6 is 0 Å². The van der Waals surface area contributed by atoms with Gasteiger partial charge in [-0.25, -0.2) is 0 Å². The van der Waals surface area contributed by atoms with Crippen molar-refractivity contribution in [2.75, 3.05) is 14.1 Å². The van der Waals surface area contributed by atoms with Gasteiger partial charge in [-0.05, 0) is 74.7 Å². The number of amides is 1. The second-order valence-corrected chi connectivity index (χ2v) is 9.63. The minimum absolute atomic E-state index is 0.0653. The van der Waals surface area contributed by atoms with E-state index in [9.17, 15) is 14.7 Å². The summed E-state index contributed by atoms with van der Waals surface area (Å²) in [4.78, 5) is 27.4. The molecule has 0 aromatic rings. The molecular weight excluding hydrogens is 326 g/mol. The maximum absolute atomic E-state index is 12.9. The molecule has 0 spiro atoms. The van der Waals surface area contributed by atoms with Gasteiger partial charge in [-0.2, -0.15) is 0 Å². The summed E-state index contributed by atoms with van der Waals surface area (Å²) in [5.41, 5.74) is 0.724. The lowest BCUT2D eigenvalue weighted by Crippen LogP contribution is -2.53. The summed E-state index contributed by atoms with van der Waals surface area (Å²) in [6, 6.07) is 0. The fourth-order valence-corrected chi connectivity index (χ4v) is 7.01. The van der Waals surface area contributed by atoms with Crippen LogP contribution in [0.3, 0.4) is 0 Å². The van der Waals surface area contributed by atoms with Crippen molar-refractivity contribution in [1.29, 1.82) is 0 Å². The van der Waals surface area contributed by atoms with Gasteiger partial charge in [0.2, 0.25) is 5.91 Å². The third-order valence-corrected chi connectivity index (χ3v) is 8.44. The molecule has 0 aromatic heterocycles. The van der Waals surface area contributed by atoms with E-state index in [-0.39, 0.29) is 28.8 Å². The van der Waals surface area contributed by atoms with Crippen LogP contribution in [0, 0.1) is 34.5 Å². The summed E-state index contributed by atoms with van der Waals surface area (Å²) in [5, 5.41) is 9.89. The van der Waals surface area contributed by atoms with E-state index in [0.717, 1.165) is 44.1 Å². The molecule has 3 saturated carbocycles. The average molecular weight is 357 g/mol. The Hall–Kier alpha value is -1.58. The summed E-state index contributed by atoms with van der Waals surface area (Å²) in [6.45, 7) is 4.43. The lowest BCUT2D eigenvalue weighted by molar-refractivity contribution is -0.142. The van der Waals surface area contributed by atoms with Crippen molar-refractivity contribution in [2.45, 2.75) is 52.4 Å². The van der Waals surface area contributed by atoms with E-state index >= 15 is 0 Å². The molecule has 4 heteroatoms. The fraction of sp³-hybridized carbons (Fsp3) is 0.727. The van der Waals surface area contributed by atoms with E-state index in [4.69, 9.17) is 0 Å². The molecular formula is C22H31NO3. The number of aliphatic hydroxyl groups is 1. The molecule has 0 heterocycles. The van der Waals surface area contributed by atoms with Gasteiger partial charge in [-0.1, -0.05) is 12.5 Å². The highest BCUT2D eigenvalue weighted by Gasteiger charge is 2.61. The predicted octanol–water partition coefficient (Wildman–Crippen LogP) is 3.88. The Kier molecular flexibility index (Phi) is 3.91. The molecule has 4 rings (SSSR count). The molecule has 6 atom stereocenters. The van der Waals surface area contributed by atoms with Gasteiger partial charge < -0.3 is 10.0 Å². The zero-order valence-electron chi connectivity index (χ0n) is 16.4. The van der Waals surface area contributed by atoms with Gasteiger partial charge in [0.05, 0.1) is 5.41 Å². The molecule has 0 aromatic carbocycles. The van der Waals surface area contributed by atoms with Crippen molar-refractivity contribution < 1.29 is 14.7 Å². The van der Waals surface area contributed by atoms with Gasteiger partial charge in [0.15, 0.2) is 5.78 Å². The van der Waals surface area contributed by atoms with Gasteiger partial charge >= 0.3 is 0 Å². The van der Waals surface area contributed by atoms with Crippen LogP contribution in [0.25, 0.3) is 0 Å². The smallest absolute Gasteiger partial charge is 0.225 e. The second-order valence-electron chi connectivity index (χ2n) is 9.63. The van der Waals surface area contributed by atoms with E-state index in [1.54, 1.807) is 4.90 Å². The van der Waals surface area contributed by atoms with Crippen LogP contribution < -0.4 is 0 Å². The molecule has 0 radical (unpaired) electrons. The number of carbonyl (C=O) groups is 2. The first-order chi connectivity index (χ1) is 12.2. The van der Waals surface area contributed by atoms with Gasteiger partial charge in [0.1, 0.15) is 5.76 Å². The van der Waals surface area contributed by atoms with Crippen molar-refractivity contribution in [3.63, 3.8) is 0 Å². The van der Waals surface area contributed by atoms with Crippen molar-refractivity contribution >= 4 is 11.7 Å². The topological polar surface area (TPSA) is 57.6 Å². The van der Waals surface area contributed by atoms with E-state index in [2.05, 4.69) is 13.8 Å². The highest BCUT2D eigenvalue weighted by atomic mass is 16.3. The van der Waals surface area contributed by atoms with E-state index < -0.39 is 5.41 Å². The Morgan fingerprint density at radius 2 is 1.85 bits per heavy atom. The molecule has 4 aliphatic carbocycles. The summed E-state index contributed by atoms with van der Waals surface area (Å²) in [7, 11) is 3.73. The van der Waals surface area contributed by atoms with Crippen molar-refractivity contribution in [1.82, 2.24) is 4.90 Å².